The molecular weight excluding hydrogens is 329 g/mol. The van der Waals surface area contributed by atoms with E-state index in [1.54, 1.807) is 6.07 Å². The van der Waals surface area contributed by atoms with Gasteiger partial charge < -0.3 is 20.7 Å². The van der Waals surface area contributed by atoms with E-state index < -0.39 is 6.10 Å². The van der Waals surface area contributed by atoms with Crippen molar-refractivity contribution in [3.63, 3.8) is 0 Å². The topological polar surface area (TPSA) is 85.4 Å². The summed E-state index contributed by atoms with van der Waals surface area (Å²) in [5.74, 6) is 0.423. The molecule has 0 saturated carbocycles. The molecule has 1 aromatic heterocycles. The highest BCUT2D eigenvalue weighted by Gasteiger charge is 2.30. The molecule has 1 amide bonds. The van der Waals surface area contributed by atoms with Gasteiger partial charge in [0.05, 0.1) is 12.6 Å². The van der Waals surface area contributed by atoms with Crippen molar-refractivity contribution in [3.8, 4) is 0 Å². The second-order valence-corrected chi connectivity index (χ2v) is 5.32. The van der Waals surface area contributed by atoms with Crippen LogP contribution in [-0.4, -0.2) is 60.0 Å². The van der Waals surface area contributed by atoms with Crippen molar-refractivity contribution in [2.75, 3.05) is 32.5 Å². The summed E-state index contributed by atoms with van der Waals surface area (Å²) in [6.07, 6.45) is 3.01. The Morgan fingerprint density at radius 3 is 2.82 bits per heavy atom. The maximum Gasteiger partial charge on any atom is 0.254 e. The predicted octanol–water partition coefficient (Wildman–Crippen LogP) is 0.733. The van der Waals surface area contributed by atoms with E-state index in [0.717, 1.165) is 25.9 Å². The van der Waals surface area contributed by atoms with Crippen molar-refractivity contribution in [2.24, 2.45) is 5.73 Å². The molecule has 0 spiro atoms. The number of nitrogens with two attached hydrogens (primary N) is 1. The summed E-state index contributed by atoms with van der Waals surface area (Å²) >= 11 is 0. The van der Waals surface area contributed by atoms with Crippen LogP contribution in [0.25, 0.3) is 0 Å². The molecule has 1 saturated heterocycles. The highest BCUT2D eigenvalue weighted by atomic mass is 35.5. The number of likely N-dealkylation sites (N-methyl/N-ethyl adjacent to an activating group) is 1. The van der Waals surface area contributed by atoms with Crippen LogP contribution in [0.5, 0.6) is 0 Å². The van der Waals surface area contributed by atoms with E-state index in [4.69, 9.17) is 10.5 Å². The Kier molecular flexibility index (Phi) is 9.63. The first-order chi connectivity index (χ1) is 9.58. The van der Waals surface area contributed by atoms with Gasteiger partial charge in [-0.3, -0.25) is 9.48 Å². The number of amides is 1. The average molecular weight is 354 g/mol. The first kappa shape index (κ1) is 21.1. The number of nitrogens with one attached hydrogen (secondary N) is 1. The minimum atomic E-state index is -0.407. The zero-order chi connectivity index (χ0) is 14.5. The van der Waals surface area contributed by atoms with E-state index in [1.165, 1.54) is 0 Å². The van der Waals surface area contributed by atoms with Crippen LogP contribution in [-0.2, 0) is 16.1 Å². The summed E-state index contributed by atoms with van der Waals surface area (Å²) in [5.41, 5.74) is 5.53. The molecular formula is C13H25Cl2N5O2. The lowest BCUT2D eigenvalue weighted by Crippen LogP contribution is -2.30. The van der Waals surface area contributed by atoms with E-state index in [9.17, 15) is 4.79 Å². The molecule has 9 heteroatoms. The molecule has 7 nitrogen and oxygen atoms in total. The normalized spacial score (nSPS) is 20.4. The van der Waals surface area contributed by atoms with Crippen LogP contribution < -0.4 is 11.1 Å². The van der Waals surface area contributed by atoms with Crippen LogP contribution in [0.15, 0.2) is 12.3 Å². The molecule has 128 valence electrons. The van der Waals surface area contributed by atoms with Crippen molar-refractivity contribution < 1.29 is 9.53 Å². The van der Waals surface area contributed by atoms with Gasteiger partial charge in [0.25, 0.3) is 5.91 Å². The molecule has 0 aliphatic carbocycles. The number of rotatable bonds is 6. The Balaban J connectivity index is 0.00000220. The summed E-state index contributed by atoms with van der Waals surface area (Å²) in [4.78, 5) is 14.1. The molecule has 2 atom stereocenters. The number of carbonyl (C=O) groups is 1. The number of anilines is 1. The van der Waals surface area contributed by atoms with Crippen molar-refractivity contribution in [3.05, 3.63) is 12.3 Å². The lowest BCUT2D eigenvalue weighted by molar-refractivity contribution is -0.126. The fourth-order valence-corrected chi connectivity index (χ4v) is 2.13. The summed E-state index contributed by atoms with van der Waals surface area (Å²) in [6, 6.07) is 1.79. The maximum absolute atomic E-state index is 12.0. The molecule has 0 aromatic carbocycles. The van der Waals surface area contributed by atoms with Crippen molar-refractivity contribution in [1.82, 2.24) is 14.7 Å². The van der Waals surface area contributed by atoms with Gasteiger partial charge in [0.2, 0.25) is 0 Å². The van der Waals surface area contributed by atoms with Crippen molar-refractivity contribution >= 4 is 36.5 Å². The zero-order valence-corrected chi connectivity index (χ0v) is 14.5. The summed E-state index contributed by atoms with van der Waals surface area (Å²) in [6.45, 7) is 2.15. The van der Waals surface area contributed by atoms with Crippen LogP contribution in [0.4, 0.5) is 5.82 Å². The SMILES string of the molecule is CN(C)CCn1ccc(NC(=O)[C@@H]2CC[C@H](CN)O2)n1.Cl.Cl. The van der Waals surface area contributed by atoms with E-state index in [0.29, 0.717) is 12.4 Å². The quantitative estimate of drug-likeness (QED) is 0.787. The van der Waals surface area contributed by atoms with E-state index in [2.05, 4.69) is 15.3 Å². The third-order valence-electron chi connectivity index (χ3n) is 3.33. The molecule has 0 radical (unpaired) electrons. The standard InChI is InChI=1S/C13H23N5O2.2ClH/c1-17(2)7-8-18-6-5-12(16-18)15-13(19)11-4-3-10(9-14)20-11;;/h5-6,10-11H,3-4,7-9,14H2,1-2H3,(H,15,16,19);2*1H/t10-,11+;;/m1../s1. The first-order valence-corrected chi connectivity index (χ1v) is 6.93. The Morgan fingerprint density at radius 2 is 2.23 bits per heavy atom. The number of aromatic nitrogens is 2. The summed E-state index contributed by atoms with van der Waals surface area (Å²) in [7, 11) is 4.02. The van der Waals surface area contributed by atoms with Crippen molar-refractivity contribution in [2.45, 2.75) is 31.6 Å². The fraction of sp³-hybridized carbons (Fsp3) is 0.692. The van der Waals surface area contributed by atoms with Gasteiger partial charge in [-0.15, -0.1) is 24.8 Å². The molecule has 1 aliphatic rings. The number of hydrogen-bond donors (Lipinski definition) is 2. The number of halogens is 2. The minimum absolute atomic E-state index is 0. The van der Waals surface area contributed by atoms with Crippen molar-refractivity contribution in [1.29, 1.82) is 0 Å². The van der Waals surface area contributed by atoms with E-state index >= 15 is 0 Å². The highest BCUT2D eigenvalue weighted by molar-refractivity contribution is 5.93. The predicted molar refractivity (Wildman–Crippen MR) is 90.9 cm³/mol. The molecule has 1 fully saturated rings. The smallest absolute Gasteiger partial charge is 0.254 e. The largest absolute Gasteiger partial charge is 0.364 e. The second-order valence-electron chi connectivity index (χ2n) is 5.32. The van der Waals surface area contributed by atoms with Gasteiger partial charge >= 0.3 is 0 Å². The van der Waals surface area contributed by atoms with Gasteiger partial charge in [-0.2, -0.15) is 5.10 Å². The molecule has 3 N–H and O–H groups in total. The molecule has 1 aliphatic heterocycles. The lowest BCUT2D eigenvalue weighted by atomic mass is 10.2. The minimum Gasteiger partial charge on any atom is -0.364 e. The summed E-state index contributed by atoms with van der Waals surface area (Å²) < 4.78 is 7.37. The van der Waals surface area contributed by atoms with Gasteiger partial charge in [0.1, 0.15) is 6.10 Å². The third-order valence-corrected chi connectivity index (χ3v) is 3.33. The Morgan fingerprint density at radius 1 is 1.50 bits per heavy atom. The van der Waals surface area contributed by atoms with Crippen LogP contribution in [0.2, 0.25) is 0 Å². The fourth-order valence-electron chi connectivity index (χ4n) is 2.13. The van der Waals surface area contributed by atoms with Crippen LogP contribution >= 0.6 is 24.8 Å². The number of ether oxygens (including phenoxy) is 1. The van der Waals surface area contributed by atoms with Gasteiger partial charge in [0, 0.05) is 25.4 Å². The van der Waals surface area contributed by atoms with Crippen LogP contribution in [0.3, 0.4) is 0 Å². The average Bonchev–Trinajstić information content (AvgIpc) is 3.05. The Hall–Kier alpha value is -0.860. The van der Waals surface area contributed by atoms with Gasteiger partial charge in [-0.1, -0.05) is 0 Å². The molecule has 2 heterocycles. The van der Waals surface area contributed by atoms with Crippen LogP contribution in [0, 0.1) is 0 Å². The number of hydrogen-bond acceptors (Lipinski definition) is 5. The van der Waals surface area contributed by atoms with E-state index in [1.807, 2.05) is 25.0 Å². The lowest BCUT2D eigenvalue weighted by Gasteiger charge is -2.11. The molecule has 2 rings (SSSR count). The third kappa shape index (κ3) is 6.10. The molecule has 1 aromatic rings. The Bertz CT molecular complexity index is 455. The van der Waals surface area contributed by atoms with Gasteiger partial charge in [-0.05, 0) is 26.9 Å². The first-order valence-electron chi connectivity index (χ1n) is 6.93. The second kappa shape index (κ2) is 10.0. The number of nitrogens with zero attached hydrogens (tertiary/aromatic N) is 3. The maximum atomic E-state index is 12.0. The Labute approximate surface area is 143 Å². The van der Waals surface area contributed by atoms with E-state index in [-0.39, 0.29) is 36.8 Å². The van der Waals surface area contributed by atoms with Crippen LogP contribution in [0.1, 0.15) is 12.8 Å². The zero-order valence-electron chi connectivity index (χ0n) is 12.9. The highest BCUT2D eigenvalue weighted by Crippen LogP contribution is 2.20. The van der Waals surface area contributed by atoms with Gasteiger partial charge in [-0.25, -0.2) is 0 Å². The molecule has 22 heavy (non-hydrogen) atoms. The monoisotopic (exact) mass is 353 g/mol. The summed E-state index contributed by atoms with van der Waals surface area (Å²) in [5, 5.41) is 7.10. The molecule has 0 unspecified atom stereocenters. The molecule has 0 bridgehead atoms. The number of carbonyl (C=O) groups excluding carboxylic acids is 1. The van der Waals surface area contributed by atoms with Gasteiger partial charge in [0.15, 0.2) is 5.82 Å².